The molecule has 92 valence electrons. The Bertz CT molecular complexity index is 267. The summed E-state index contributed by atoms with van der Waals surface area (Å²) in [6, 6.07) is 0.313. The standard InChI is InChI=1S/C12H21NO3/c1-12(2,8-11(15)16)7-10(14)13-9-5-3-4-6-9/h9H,3-8H2,1-2H3,(H,13,14)(H,15,16). The molecule has 1 aliphatic carbocycles. The van der Waals surface area contributed by atoms with Gasteiger partial charge in [0.05, 0.1) is 6.42 Å². The topological polar surface area (TPSA) is 66.4 Å². The summed E-state index contributed by atoms with van der Waals surface area (Å²) in [5.74, 6) is -0.864. The van der Waals surface area contributed by atoms with Crippen LogP contribution in [0.3, 0.4) is 0 Å². The van der Waals surface area contributed by atoms with Crippen molar-refractivity contribution in [1.29, 1.82) is 0 Å². The van der Waals surface area contributed by atoms with Crippen LogP contribution in [0.15, 0.2) is 0 Å². The molecule has 0 spiro atoms. The second-order valence-corrected chi connectivity index (χ2v) is 5.46. The van der Waals surface area contributed by atoms with Crippen molar-refractivity contribution in [2.75, 3.05) is 0 Å². The van der Waals surface area contributed by atoms with E-state index in [4.69, 9.17) is 5.11 Å². The van der Waals surface area contributed by atoms with E-state index in [1.165, 1.54) is 12.8 Å². The molecule has 0 atom stereocenters. The number of carboxylic acids is 1. The largest absolute Gasteiger partial charge is 0.481 e. The fourth-order valence-electron chi connectivity index (χ4n) is 2.26. The average molecular weight is 227 g/mol. The first-order chi connectivity index (χ1) is 7.39. The Morgan fingerprint density at radius 1 is 1.25 bits per heavy atom. The molecular formula is C12H21NO3. The lowest BCUT2D eigenvalue weighted by Gasteiger charge is -2.22. The highest BCUT2D eigenvalue weighted by molar-refractivity contribution is 5.78. The molecule has 2 N–H and O–H groups in total. The number of carbonyl (C=O) groups excluding carboxylic acids is 1. The molecule has 1 rings (SSSR count). The van der Waals surface area contributed by atoms with E-state index in [0.717, 1.165) is 12.8 Å². The van der Waals surface area contributed by atoms with Crippen LogP contribution in [-0.4, -0.2) is 23.0 Å². The molecule has 1 saturated carbocycles. The lowest BCUT2D eigenvalue weighted by molar-refractivity contribution is -0.139. The number of hydrogen-bond acceptors (Lipinski definition) is 2. The molecule has 0 radical (unpaired) electrons. The van der Waals surface area contributed by atoms with Gasteiger partial charge in [-0.15, -0.1) is 0 Å². The highest BCUT2D eigenvalue weighted by atomic mass is 16.4. The van der Waals surface area contributed by atoms with Gasteiger partial charge >= 0.3 is 5.97 Å². The van der Waals surface area contributed by atoms with Crippen molar-refractivity contribution in [2.45, 2.75) is 58.4 Å². The molecular weight excluding hydrogens is 206 g/mol. The van der Waals surface area contributed by atoms with Crippen LogP contribution in [0.4, 0.5) is 0 Å². The van der Waals surface area contributed by atoms with Crippen LogP contribution in [0.2, 0.25) is 0 Å². The molecule has 0 unspecified atom stereocenters. The van der Waals surface area contributed by atoms with Gasteiger partial charge in [-0.3, -0.25) is 9.59 Å². The van der Waals surface area contributed by atoms with Crippen molar-refractivity contribution in [3.05, 3.63) is 0 Å². The third-order valence-electron chi connectivity index (χ3n) is 2.99. The number of hydrogen-bond donors (Lipinski definition) is 2. The van der Waals surface area contributed by atoms with E-state index >= 15 is 0 Å². The summed E-state index contributed by atoms with van der Waals surface area (Å²) in [5.41, 5.74) is -0.464. The minimum Gasteiger partial charge on any atom is -0.481 e. The van der Waals surface area contributed by atoms with E-state index in [1.807, 2.05) is 13.8 Å². The number of aliphatic carboxylic acids is 1. The predicted octanol–water partition coefficient (Wildman–Crippen LogP) is 1.94. The van der Waals surface area contributed by atoms with Crippen LogP contribution in [0.25, 0.3) is 0 Å². The quantitative estimate of drug-likeness (QED) is 0.754. The van der Waals surface area contributed by atoms with E-state index in [0.29, 0.717) is 6.04 Å². The highest BCUT2D eigenvalue weighted by Crippen LogP contribution is 2.25. The second-order valence-electron chi connectivity index (χ2n) is 5.46. The zero-order valence-corrected chi connectivity index (χ0v) is 10.1. The summed E-state index contributed by atoms with van der Waals surface area (Å²) in [7, 11) is 0. The molecule has 0 aromatic rings. The summed E-state index contributed by atoms with van der Waals surface area (Å²) < 4.78 is 0. The number of carboxylic acid groups (broad SMARTS) is 1. The van der Waals surface area contributed by atoms with E-state index in [-0.39, 0.29) is 18.7 Å². The van der Waals surface area contributed by atoms with Gasteiger partial charge in [0, 0.05) is 12.5 Å². The second kappa shape index (κ2) is 5.32. The summed E-state index contributed by atoms with van der Waals surface area (Å²) in [6.07, 6.45) is 4.81. The third-order valence-corrected chi connectivity index (χ3v) is 2.99. The molecule has 1 fully saturated rings. The zero-order chi connectivity index (χ0) is 12.2. The number of amides is 1. The molecule has 1 aliphatic rings. The Labute approximate surface area is 96.4 Å². The average Bonchev–Trinajstić information content (AvgIpc) is 2.51. The fourth-order valence-corrected chi connectivity index (χ4v) is 2.26. The molecule has 16 heavy (non-hydrogen) atoms. The Balaban J connectivity index is 2.34. The van der Waals surface area contributed by atoms with Crippen molar-refractivity contribution < 1.29 is 14.7 Å². The smallest absolute Gasteiger partial charge is 0.303 e. The summed E-state index contributed by atoms with van der Waals surface area (Å²) in [5, 5.41) is 11.7. The van der Waals surface area contributed by atoms with Crippen molar-refractivity contribution >= 4 is 11.9 Å². The minimum atomic E-state index is -0.848. The Hall–Kier alpha value is -1.06. The normalized spacial score (nSPS) is 17.4. The number of nitrogens with one attached hydrogen (secondary N) is 1. The molecule has 4 nitrogen and oxygen atoms in total. The SMILES string of the molecule is CC(C)(CC(=O)O)CC(=O)NC1CCCC1. The van der Waals surface area contributed by atoms with Crippen molar-refractivity contribution in [3.8, 4) is 0 Å². The molecule has 1 amide bonds. The summed E-state index contributed by atoms with van der Waals surface area (Å²) >= 11 is 0. The Kier molecular flexibility index (Phi) is 4.33. The van der Waals surface area contributed by atoms with E-state index in [1.54, 1.807) is 0 Å². The first-order valence-corrected chi connectivity index (χ1v) is 5.90. The number of rotatable bonds is 5. The van der Waals surface area contributed by atoms with E-state index < -0.39 is 11.4 Å². The highest BCUT2D eigenvalue weighted by Gasteiger charge is 2.26. The van der Waals surface area contributed by atoms with Gasteiger partial charge in [-0.25, -0.2) is 0 Å². The van der Waals surface area contributed by atoms with Gasteiger partial charge in [0.15, 0.2) is 0 Å². The first kappa shape index (κ1) is 13.0. The molecule has 0 aliphatic heterocycles. The maximum atomic E-state index is 11.7. The Morgan fingerprint density at radius 2 is 1.81 bits per heavy atom. The maximum Gasteiger partial charge on any atom is 0.303 e. The van der Waals surface area contributed by atoms with Gasteiger partial charge in [-0.05, 0) is 18.3 Å². The Morgan fingerprint density at radius 3 is 2.31 bits per heavy atom. The van der Waals surface area contributed by atoms with Gasteiger partial charge in [-0.2, -0.15) is 0 Å². The van der Waals surface area contributed by atoms with Crippen LogP contribution in [-0.2, 0) is 9.59 Å². The monoisotopic (exact) mass is 227 g/mol. The van der Waals surface area contributed by atoms with E-state index in [9.17, 15) is 9.59 Å². The van der Waals surface area contributed by atoms with Crippen LogP contribution in [0, 0.1) is 5.41 Å². The molecule has 0 saturated heterocycles. The van der Waals surface area contributed by atoms with Crippen molar-refractivity contribution in [2.24, 2.45) is 5.41 Å². The van der Waals surface area contributed by atoms with Gasteiger partial charge in [-0.1, -0.05) is 26.7 Å². The van der Waals surface area contributed by atoms with Crippen LogP contribution < -0.4 is 5.32 Å². The predicted molar refractivity (Wildman–Crippen MR) is 61.0 cm³/mol. The zero-order valence-electron chi connectivity index (χ0n) is 10.1. The summed E-state index contributed by atoms with van der Waals surface area (Å²) in [4.78, 5) is 22.3. The van der Waals surface area contributed by atoms with E-state index in [2.05, 4.69) is 5.32 Å². The van der Waals surface area contributed by atoms with Gasteiger partial charge < -0.3 is 10.4 Å². The lowest BCUT2D eigenvalue weighted by Crippen LogP contribution is -2.36. The molecule has 4 heteroatoms. The molecule has 0 aromatic carbocycles. The molecule has 0 aromatic heterocycles. The maximum absolute atomic E-state index is 11.7. The number of carbonyl (C=O) groups is 2. The lowest BCUT2D eigenvalue weighted by atomic mass is 9.85. The third kappa shape index (κ3) is 4.64. The van der Waals surface area contributed by atoms with Gasteiger partial charge in [0.2, 0.25) is 5.91 Å². The van der Waals surface area contributed by atoms with Crippen LogP contribution >= 0.6 is 0 Å². The fraction of sp³-hybridized carbons (Fsp3) is 0.833. The van der Waals surface area contributed by atoms with Crippen molar-refractivity contribution in [3.63, 3.8) is 0 Å². The van der Waals surface area contributed by atoms with Crippen molar-refractivity contribution in [1.82, 2.24) is 5.32 Å². The van der Waals surface area contributed by atoms with Gasteiger partial charge in [0.25, 0.3) is 0 Å². The summed E-state index contributed by atoms with van der Waals surface area (Å²) in [6.45, 7) is 3.63. The molecule has 0 bridgehead atoms. The van der Waals surface area contributed by atoms with Crippen LogP contribution in [0.1, 0.15) is 52.4 Å². The molecule has 0 heterocycles. The van der Waals surface area contributed by atoms with Crippen LogP contribution in [0.5, 0.6) is 0 Å². The first-order valence-electron chi connectivity index (χ1n) is 5.90. The minimum absolute atomic E-state index is 0.0156. The van der Waals surface area contributed by atoms with Gasteiger partial charge in [0.1, 0.15) is 0 Å².